The summed E-state index contributed by atoms with van der Waals surface area (Å²) in [5.41, 5.74) is -0.148. The predicted molar refractivity (Wildman–Crippen MR) is 116 cm³/mol. The quantitative estimate of drug-likeness (QED) is 0.318. The topological polar surface area (TPSA) is 64.6 Å². The Labute approximate surface area is 185 Å². The molecule has 0 spiro atoms. The molecule has 0 fully saturated rings. The highest BCUT2D eigenvalue weighted by molar-refractivity contribution is 5.96. The van der Waals surface area contributed by atoms with Crippen molar-refractivity contribution in [2.24, 2.45) is 5.92 Å². The first-order valence-electron chi connectivity index (χ1n) is 10.6. The number of unbranched alkanes of at least 4 members (excludes halogenated alkanes) is 1. The summed E-state index contributed by atoms with van der Waals surface area (Å²) in [4.78, 5) is 24.6. The lowest BCUT2D eigenvalue weighted by Crippen LogP contribution is -2.20. The molecule has 0 aromatic heterocycles. The normalized spacial score (nSPS) is 12.2. The second-order valence-corrected chi connectivity index (χ2v) is 7.30. The second kappa shape index (κ2) is 12.1. The minimum absolute atomic E-state index is 0.0591. The lowest BCUT2D eigenvalue weighted by atomic mass is 10.00. The van der Waals surface area contributed by atoms with Gasteiger partial charge in [0.2, 0.25) is 0 Å². The maximum atomic E-state index is 12.9. The molecule has 8 heteroatoms. The van der Waals surface area contributed by atoms with Crippen molar-refractivity contribution in [1.82, 2.24) is 0 Å². The zero-order chi connectivity index (χ0) is 23.6. The molecule has 1 unspecified atom stereocenters. The van der Waals surface area contributed by atoms with E-state index in [1.807, 2.05) is 6.92 Å². The fraction of sp³-hybridized carbons (Fsp3) is 0.417. The van der Waals surface area contributed by atoms with Gasteiger partial charge in [-0.05, 0) is 43.2 Å². The summed E-state index contributed by atoms with van der Waals surface area (Å²) in [6.07, 6.45) is -1.08. The van der Waals surface area contributed by atoms with Gasteiger partial charge >= 0.3 is 18.1 Å². The van der Waals surface area contributed by atoms with Crippen molar-refractivity contribution in [3.8, 4) is 0 Å². The van der Waals surface area contributed by atoms with Crippen molar-refractivity contribution in [3.05, 3.63) is 59.7 Å². The molecule has 0 saturated carbocycles. The van der Waals surface area contributed by atoms with Crippen LogP contribution in [0.5, 0.6) is 0 Å². The summed E-state index contributed by atoms with van der Waals surface area (Å²) in [5, 5.41) is 2.83. The molecular weight excluding hydrogens is 423 g/mol. The van der Waals surface area contributed by atoms with Gasteiger partial charge in [0.05, 0.1) is 22.7 Å². The van der Waals surface area contributed by atoms with E-state index in [4.69, 9.17) is 9.47 Å². The van der Waals surface area contributed by atoms with Crippen molar-refractivity contribution < 1.29 is 32.2 Å². The fourth-order valence-electron chi connectivity index (χ4n) is 3.11. The first-order chi connectivity index (χ1) is 15.3. The second-order valence-electron chi connectivity index (χ2n) is 7.30. The van der Waals surface area contributed by atoms with Gasteiger partial charge < -0.3 is 14.8 Å². The van der Waals surface area contributed by atoms with Crippen molar-refractivity contribution in [2.75, 3.05) is 18.5 Å². The highest BCUT2D eigenvalue weighted by atomic mass is 19.4. The number of esters is 2. The maximum absolute atomic E-state index is 12.9. The summed E-state index contributed by atoms with van der Waals surface area (Å²) in [7, 11) is 0. The molecule has 32 heavy (non-hydrogen) atoms. The summed E-state index contributed by atoms with van der Waals surface area (Å²) in [6.45, 7) is 3.80. The number of nitrogens with one attached hydrogen (secondary N) is 1. The van der Waals surface area contributed by atoms with Crippen LogP contribution in [0.3, 0.4) is 0 Å². The molecule has 0 heterocycles. The average Bonchev–Trinajstić information content (AvgIpc) is 2.77. The lowest BCUT2D eigenvalue weighted by Gasteiger charge is -2.15. The maximum Gasteiger partial charge on any atom is 0.416 e. The Morgan fingerprint density at radius 2 is 1.72 bits per heavy atom. The van der Waals surface area contributed by atoms with Crippen LogP contribution in [0, 0.1) is 5.92 Å². The molecule has 2 aromatic carbocycles. The summed E-state index contributed by atoms with van der Waals surface area (Å²) in [6, 6.07) is 11.0. The molecule has 0 bridgehead atoms. The van der Waals surface area contributed by atoms with E-state index >= 15 is 0 Å². The standard InChI is InChI=1S/C24H28F3NO4/c1-3-5-9-17(4-2)22(29)31-14-15-32-23(30)20-12-6-7-13-21(20)28-19-11-8-10-18(16-19)24(25,26)27/h6-8,10-13,16-17,28H,3-5,9,14-15H2,1-2H3. The van der Waals surface area contributed by atoms with E-state index in [1.165, 1.54) is 18.2 Å². The zero-order valence-corrected chi connectivity index (χ0v) is 18.2. The highest BCUT2D eigenvalue weighted by Crippen LogP contribution is 2.32. The SMILES string of the molecule is CCCCC(CC)C(=O)OCCOC(=O)c1ccccc1Nc1cccc(C(F)(F)F)c1. The van der Waals surface area contributed by atoms with Gasteiger partial charge in [0.25, 0.3) is 0 Å². The van der Waals surface area contributed by atoms with Crippen molar-refractivity contribution in [2.45, 2.75) is 45.7 Å². The molecule has 1 N–H and O–H groups in total. The predicted octanol–water partition coefficient (Wildman–Crippen LogP) is 6.37. The van der Waals surface area contributed by atoms with E-state index in [0.717, 1.165) is 31.4 Å². The number of hydrogen-bond acceptors (Lipinski definition) is 5. The van der Waals surface area contributed by atoms with Gasteiger partial charge in [0.1, 0.15) is 13.2 Å². The smallest absolute Gasteiger partial charge is 0.416 e. The van der Waals surface area contributed by atoms with E-state index in [2.05, 4.69) is 12.2 Å². The Kier molecular flexibility index (Phi) is 9.56. The minimum atomic E-state index is -4.47. The van der Waals surface area contributed by atoms with Crippen LogP contribution in [-0.2, 0) is 20.4 Å². The number of hydrogen-bond donors (Lipinski definition) is 1. The number of alkyl halides is 3. The van der Waals surface area contributed by atoms with Crippen molar-refractivity contribution >= 4 is 23.3 Å². The Hall–Kier alpha value is -3.03. The fourth-order valence-corrected chi connectivity index (χ4v) is 3.11. The third kappa shape index (κ3) is 7.59. The van der Waals surface area contributed by atoms with Crippen LogP contribution in [0.4, 0.5) is 24.5 Å². The lowest BCUT2D eigenvalue weighted by molar-refractivity contribution is -0.150. The number of carbonyl (C=O) groups is 2. The third-order valence-electron chi connectivity index (χ3n) is 4.91. The summed E-state index contributed by atoms with van der Waals surface area (Å²) >= 11 is 0. The number of halogens is 3. The number of carbonyl (C=O) groups excluding carboxylic acids is 2. The van der Waals surface area contributed by atoms with E-state index in [0.29, 0.717) is 12.1 Å². The molecule has 174 valence electrons. The van der Waals surface area contributed by atoms with Crippen LogP contribution in [0.1, 0.15) is 55.5 Å². The molecule has 1 atom stereocenters. The molecular formula is C24H28F3NO4. The molecule has 2 aromatic rings. The van der Waals surface area contributed by atoms with Crippen LogP contribution >= 0.6 is 0 Å². The Morgan fingerprint density at radius 1 is 1.00 bits per heavy atom. The molecule has 0 aliphatic rings. The van der Waals surface area contributed by atoms with Crippen LogP contribution < -0.4 is 5.32 Å². The van der Waals surface area contributed by atoms with Gasteiger partial charge in [-0.15, -0.1) is 0 Å². The average molecular weight is 451 g/mol. The minimum Gasteiger partial charge on any atom is -0.462 e. The number of benzene rings is 2. The van der Waals surface area contributed by atoms with Crippen molar-refractivity contribution in [1.29, 1.82) is 0 Å². The van der Waals surface area contributed by atoms with Gasteiger partial charge in [0.15, 0.2) is 0 Å². The molecule has 0 aliphatic carbocycles. The molecule has 0 saturated heterocycles. The first kappa shape index (κ1) is 25.2. The number of rotatable bonds is 11. The van der Waals surface area contributed by atoms with E-state index in [9.17, 15) is 22.8 Å². The van der Waals surface area contributed by atoms with Crippen LogP contribution in [0.25, 0.3) is 0 Å². The van der Waals surface area contributed by atoms with Crippen LogP contribution in [0.15, 0.2) is 48.5 Å². The summed E-state index contributed by atoms with van der Waals surface area (Å²) in [5.74, 6) is -1.14. The van der Waals surface area contributed by atoms with E-state index in [-0.39, 0.29) is 36.4 Å². The van der Waals surface area contributed by atoms with E-state index in [1.54, 1.807) is 18.2 Å². The largest absolute Gasteiger partial charge is 0.462 e. The monoisotopic (exact) mass is 451 g/mol. The molecule has 5 nitrogen and oxygen atoms in total. The van der Waals surface area contributed by atoms with E-state index < -0.39 is 17.7 Å². The first-order valence-corrected chi connectivity index (χ1v) is 10.6. The van der Waals surface area contributed by atoms with Crippen LogP contribution in [-0.4, -0.2) is 25.2 Å². The van der Waals surface area contributed by atoms with Gasteiger partial charge in [-0.3, -0.25) is 4.79 Å². The van der Waals surface area contributed by atoms with Crippen LogP contribution in [0.2, 0.25) is 0 Å². The van der Waals surface area contributed by atoms with Gasteiger partial charge in [0, 0.05) is 5.69 Å². The summed E-state index contributed by atoms with van der Waals surface area (Å²) < 4.78 is 49.2. The van der Waals surface area contributed by atoms with Gasteiger partial charge in [-0.25, -0.2) is 4.79 Å². The Balaban J connectivity index is 1.95. The molecule has 0 radical (unpaired) electrons. The zero-order valence-electron chi connectivity index (χ0n) is 18.2. The third-order valence-corrected chi connectivity index (χ3v) is 4.91. The molecule has 2 rings (SSSR count). The Bertz CT molecular complexity index is 899. The number of anilines is 2. The molecule has 0 aliphatic heterocycles. The van der Waals surface area contributed by atoms with Gasteiger partial charge in [-0.1, -0.05) is 44.9 Å². The van der Waals surface area contributed by atoms with Crippen molar-refractivity contribution in [3.63, 3.8) is 0 Å². The Morgan fingerprint density at radius 3 is 2.41 bits per heavy atom. The molecule has 0 amide bonds. The number of para-hydroxylation sites is 1. The van der Waals surface area contributed by atoms with Gasteiger partial charge in [-0.2, -0.15) is 13.2 Å². The highest BCUT2D eigenvalue weighted by Gasteiger charge is 2.30. The number of ether oxygens (including phenoxy) is 2.